The average Bonchev–Trinajstić information content (AvgIpc) is 2.93. The van der Waals surface area contributed by atoms with Gasteiger partial charge in [-0.05, 0) is 12.1 Å². The van der Waals surface area contributed by atoms with E-state index >= 15 is 0 Å². The molecule has 5 heteroatoms. The van der Waals surface area contributed by atoms with E-state index in [4.69, 9.17) is 9.47 Å². The number of H-pyrrole nitrogens is 1. The third-order valence-corrected chi connectivity index (χ3v) is 3.30. The summed E-state index contributed by atoms with van der Waals surface area (Å²) in [6, 6.07) is 5.79. The smallest absolute Gasteiger partial charge is 0.162 e. The highest BCUT2D eigenvalue weighted by atomic mass is 16.5. The second-order valence-corrected chi connectivity index (χ2v) is 5.93. The number of aromatic amines is 1. The van der Waals surface area contributed by atoms with E-state index in [-0.39, 0.29) is 5.41 Å². The highest BCUT2D eigenvalue weighted by molar-refractivity contribution is 5.55. The van der Waals surface area contributed by atoms with Gasteiger partial charge >= 0.3 is 0 Å². The summed E-state index contributed by atoms with van der Waals surface area (Å²) in [6.45, 7) is 7.17. The fraction of sp³-hybridized carbons (Fsp3) is 0.438. The Morgan fingerprint density at radius 3 is 2.48 bits per heavy atom. The van der Waals surface area contributed by atoms with Crippen LogP contribution in [0.3, 0.4) is 0 Å². The fourth-order valence-corrected chi connectivity index (χ4v) is 2.24. The molecule has 2 aromatic rings. The lowest BCUT2D eigenvalue weighted by Crippen LogP contribution is -2.15. The van der Waals surface area contributed by atoms with Crippen molar-refractivity contribution in [3.8, 4) is 11.5 Å². The minimum absolute atomic E-state index is 0.0224. The van der Waals surface area contributed by atoms with Crippen LogP contribution in [0.5, 0.6) is 11.5 Å². The van der Waals surface area contributed by atoms with E-state index in [1.165, 1.54) is 0 Å². The van der Waals surface area contributed by atoms with Gasteiger partial charge in [0.05, 0.1) is 19.9 Å². The van der Waals surface area contributed by atoms with Crippen molar-refractivity contribution < 1.29 is 9.47 Å². The predicted molar refractivity (Wildman–Crippen MR) is 84.2 cm³/mol. The molecule has 1 aromatic heterocycles. The molecule has 2 rings (SSSR count). The molecule has 1 heterocycles. The Balaban J connectivity index is 2.12. The summed E-state index contributed by atoms with van der Waals surface area (Å²) < 4.78 is 10.5. The third kappa shape index (κ3) is 3.48. The standard InChI is InChI=1S/C16H23N3O2/c1-16(2,3)15-11(10-18-19-15)9-17-12-6-7-13(20-4)14(8-12)21-5/h6-8,10,17H,9H2,1-5H3,(H,18,19). The Labute approximate surface area is 125 Å². The molecule has 0 saturated heterocycles. The molecular formula is C16H23N3O2. The first-order chi connectivity index (χ1) is 9.95. The van der Waals surface area contributed by atoms with Crippen LogP contribution in [0.2, 0.25) is 0 Å². The number of methoxy groups -OCH3 is 2. The second-order valence-electron chi connectivity index (χ2n) is 5.93. The van der Waals surface area contributed by atoms with Crippen molar-refractivity contribution in [2.45, 2.75) is 32.7 Å². The Bertz CT molecular complexity index is 600. The molecule has 0 aliphatic rings. The van der Waals surface area contributed by atoms with E-state index in [9.17, 15) is 0 Å². The van der Waals surface area contributed by atoms with Crippen LogP contribution in [-0.4, -0.2) is 24.4 Å². The quantitative estimate of drug-likeness (QED) is 0.886. The summed E-state index contributed by atoms with van der Waals surface area (Å²) >= 11 is 0. The van der Waals surface area contributed by atoms with Crippen LogP contribution in [0.15, 0.2) is 24.4 Å². The SMILES string of the molecule is COc1ccc(NCc2c[nH]nc2C(C)(C)C)cc1OC. The molecule has 1 aromatic carbocycles. The normalized spacial score (nSPS) is 11.3. The second kappa shape index (κ2) is 6.08. The summed E-state index contributed by atoms with van der Waals surface area (Å²) in [6.07, 6.45) is 1.94. The largest absolute Gasteiger partial charge is 0.493 e. The average molecular weight is 289 g/mol. The molecule has 114 valence electrons. The zero-order valence-electron chi connectivity index (χ0n) is 13.3. The van der Waals surface area contributed by atoms with Gasteiger partial charge in [-0.1, -0.05) is 20.8 Å². The van der Waals surface area contributed by atoms with Crippen LogP contribution in [0, 0.1) is 0 Å². The van der Waals surface area contributed by atoms with E-state index in [1.807, 2.05) is 24.4 Å². The van der Waals surface area contributed by atoms with Gasteiger partial charge in [-0.3, -0.25) is 5.10 Å². The molecule has 0 atom stereocenters. The van der Waals surface area contributed by atoms with Gasteiger partial charge in [0.15, 0.2) is 11.5 Å². The molecule has 0 bridgehead atoms. The molecular weight excluding hydrogens is 266 g/mol. The highest BCUT2D eigenvalue weighted by Crippen LogP contribution is 2.30. The Morgan fingerprint density at radius 1 is 1.14 bits per heavy atom. The third-order valence-electron chi connectivity index (χ3n) is 3.30. The van der Waals surface area contributed by atoms with E-state index in [1.54, 1.807) is 14.2 Å². The number of anilines is 1. The van der Waals surface area contributed by atoms with Crippen molar-refractivity contribution in [3.63, 3.8) is 0 Å². The number of hydrogen-bond acceptors (Lipinski definition) is 4. The molecule has 0 aliphatic carbocycles. The van der Waals surface area contributed by atoms with E-state index in [0.29, 0.717) is 12.3 Å². The molecule has 5 nitrogen and oxygen atoms in total. The van der Waals surface area contributed by atoms with Crippen LogP contribution in [0.25, 0.3) is 0 Å². The number of nitrogens with one attached hydrogen (secondary N) is 2. The topological polar surface area (TPSA) is 59.2 Å². The Morgan fingerprint density at radius 2 is 1.86 bits per heavy atom. The van der Waals surface area contributed by atoms with Gasteiger partial charge in [-0.15, -0.1) is 0 Å². The van der Waals surface area contributed by atoms with Gasteiger partial charge in [0.1, 0.15) is 0 Å². The number of rotatable bonds is 5. The summed E-state index contributed by atoms with van der Waals surface area (Å²) in [5.74, 6) is 1.44. The number of ether oxygens (including phenoxy) is 2. The van der Waals surface area contributed by atoms with Crippen molar-refractivity contribution in [1.82, 2.24) is 10.2 Å². The maximum absolute atomic E-state index is 5.31. The van der Waals surface area contributed by atoms with Gasteiger partial charge in [-0.2, -0.15) is 5.10 Å². The van der Waals surface area contributed by atoms with Crippen LogP contribution in [0.1, 0.15) is 32.0 Å². The first-order valence-corrected chi connectivity index (χ1v) is 6.94. The van der Waals surface area contributed by atoms with Crippen LogP contribution in [0.4, 0.5) is 5.69 Å². The van der Waals surface area contributed by atoms with Gasteiger partial charge in [-0.25, -0.2) is 0 Å². The predicted octanol–water partition coefficient (Wildman–Crippen LogP) is 3.34. The molecule has 0 aliphatic heterocycles. The molecule has 0 spiro atoms. The summed E-state index contributed by atoms with van der Waals surface area (Å²) in [5.41, 5.74) is 3.25. The van der Waals surface area contributed by atoms with Crippen molar-refractivity contribution in [1.29, 1.82) is 0 Å². The van der Waals surface area contributed by atoms with Gasteiger partial charge in [0.25, 0.3) is 0 Å². The molecule has 21 heavy (non-hydrogen) atoms. The number of hydrogen-bond donors (Lipinski definition) is 2. The molecule has 0 unspecified atom stereocenters. The fourth-order valence-electron chi connectivity index (χ4n) is 2.24. The van der Waals surface area contributed by atoms with Crippen molar-refractivity contribution in [2.24, 2.45) is 0 Å². The number of nitrogens with zero attached hydrogens (tertiary/aromatic N) is 1. The number of aromatic nitrogens is 2. The van der Waals surface area contributed by atoms with Crippen LogP contribution in [-0.2, 0) is 12.0 Å². The maximum Gasteiger partial charge on any atom is 0.162 e. The van der Waals surface area contributed by atoms with E-state index in [2.05, 4.69) is 36.3 Å². The van der Waals surface area contributed by atoms with E-state index < -0.39 is 0 Å². The first-order valence-electron chi connectivity index (χ1n) is 6.94. The molecule has 2 N–H and O–H groups in total. The Kier molecular flexibility index (Phi) is 4.40. The van der Waals surface area contributed by atoms with Gasteiger partial charge < -0.3 is 14.8 Å². The monoisotopic (exact) mass is 289 g/mol. The lowest BCUT2D eigenvalue weighted by Gasteiger charge is -2.18. The maximum atomic E-state index is 5.31. The van der Waals surface area contributed by atoms with Crippen molar-refractivity contribution in [3.05, 3.63) is 35.7 Å². The number of benzene rings is 1. The Hall–Kier alpha value is -2.17. The van der Waals surface area contributed by atoms with E-state index in [0.717, 1.165) is 22.7 Å². The van der Waals surface area contributed by atoms with Crippen molar-refractivity contribution >= 4 is 5.69 Å². The summed E-state index contributed by atoms with van der Waals surface area (Å²) in [7, 11) is 3.27. The van der Waals surface area contributed by atoms with Gasteiger partial charge in [0, 0.05) is 35.5 Å². The highest BCUT2D eigenvalue weighted by Gasteiger charge is 2.20. The molecule has 0 amide bonds. The summed E-state index contributed by atoms with van der Waals surface area (Å²) in [5, 5.41) is 10.7. The van der Waals surface area contributed by atoms with Gasteiger partial charge in [0.2, 0.25) is 0 Å². The van der Waals surface area contributed by atoms with Crippen LogP contribution < -0.4 is 14.8 Å². The lowest BCUT2D eigenvalue weighted by molar-refractivity contribution is 0.355. The minimum Gasteiger partial charge on any atom is -0.493 e. The molecule has 0 saturated carbocycles. The van der Waals surface area contributed by atoms with Crippen molar-refractivity contribution in [2.75, 3.05) is 19.5 Å². The lowest BCUT2D eigenvalue weighted by atomic mass is 9.89. The minimum atomic E-state index is 0.0224. The molecule has 0 radical (unpaired) electrons. The zero-order valence-corrected chi connectivity index (χ0v) is 13.3. The zero-order chi connectivity index (χ0) is 15.5. The first kappa shape index (κ1) is 15.2. The van der Waals surface area contributed by atoms with Crippen LogP contribution >= 0.6 is 0 Å². The molecule has 0 fully saturated rings. The summed E-state index contributed by atoms with van der Waals surface area (Å²) in [4.78, 5) is 0.